The van der Waals surface area contributed by atoms with Gasteiger partial charge in [-0.1, -0.05) is 111 Å². The van der Waals surface area contributed by atoms with E-state index in [4.69, 9.17) is 0 Å². The van der Waals surface area contributed by atoms with Crippen molar-refractivity contribution in [2.45, 2.75) is 44.9 Å². The van der Waals surface area contributed by atoms with E-state index in [0.29, 0.717) is 0 Å². The summed E-state index contributed by atoms with van der Waals surface area (Å²) in [7, 11) is 0. The van der Waals surface area contributed by atoms with Crippen LogP contribution in [-0.2, 0) is 6.42 Å². The number of aryl methyl sites for hydroxylation is 1. The lowest BCUT2D eigenvalue weighted by molar-refractivity contribution is 0.339. The van der Waals surface area contributed by atoms with Crippen LogP contribution in [0, 0.1) is 5.92 Å². The third kappa shape index (κ3) is 3.33. The molecule has 0 radical (unpaired) electrons. The van der Waals surface area contributed by atoms with Gasteiger partial charge in [0.25, 0.3) is 0 Å². The molecule has 140 valence electrons. The maximum Gasteiger partial charge on any atom is -0.00990 e. The molecule has 1 aliphatic carbocycles. The summed E-state index contributed by atoms with van der Waals surface area (Å²) in [6.07, 6.45) is 9.74. The standard InChI is InChI=1S/C28H28/c1-2-9-21(10-3-1)17-18-23-19-20-28(26-15-7-6-14-25(23)26)27-16-8-12-22-11-4-5-13-24(22)27/h4-8,11-16,19-21H,1-3,9-10,17-18H2. The third-order valence-electron chi connectivity index (χ3n) is 6.64. The Labute approximate surface area is 168 Å². The van der Waals surface area contributed by atoms with Crippen LogP contribution in [0.2, 0.25) is 0 Å². The van der Waals surface area contributed by atoms with Gasteiger partial charge in [-0.05, 0) is 57.0 Å². The summed E-state index contributed by atoms with van der Waals surface area (Å²) in [5.74, 6) is 0.935. The summed E-state index contributed by atoms with van der Waals surface area (Å²) in [6, 6.07) is 29.1. The van der Waals surface area contributed by atoms with Crippen molar-refractivity contribution in [3.05, 3.63) is 84.4 Å². The predicted molar refractivity (Wildman–Crippen MR) is 122 cm³/mol. The molecule has 0 atom stereocenters. The molecule has 1 saturated carbocycles. The molecule has 1 aliphatic rings. The highest BCUT2D eigenvalue weighted by Crippen LogP contribution is 2.36. The SMILES string of the molecule is c1ccc2c(-c3ccc(CCC4CCCCC4)c4ccccc34)cccc2c1. The summed E-state index contributed by atoms with van der Waals surface area (Å²) in [5.41, 5.74) is 4.21. The Hall–Kier alpha value is -2.60. The molecule has 0 unspecified atom stereocenters. The van der Waals surface area contributed by atoms with Crippen molar-refractivity contribution in [1.29, 1.82) is 0 Å². The number of hydrogen-bond acceptors (Lipinski definition) is 0. The molecule has 0 aromatic heterocycles. The molecule has 0 heteroatoms. The van der Waals surface area contributed by atoms with Crippen LogP contribution in [0.25, 0.3) is 32.7 Å². The molecule has 0 bridgehead atoms. The van der Waals surface area contributed by atoms with E-state index in [1.807, 2.05) is 0 Å². The van der Waals surface area contributed by atoms with Gasteiger partial charge < -0.3 is 0 Å². The molecular formula is C28H28. The average Bonchev–Trinajstić information content (AvgIpc) is 2.78. The van der Waals surface area contributed by atoms with Gasteiger partial charge in [0.15, 0.2) is 0 Å². The van der Waals surface area contributed by atoms with Crippen LogP contribution in [0.5, 0.6) is 0 Å². The molecule has 0 N–H and O–H groups in total. The van der Waals surface area contributed by atoms with Crippen LogP contribution >= 0.6 is 0 Å². The smallest absolute Gasteiger partial charge is 0.00990 e. The highest BCUT2D eigenvalue weighted by atomic mass is 14.2. The zero-order valence-corrected chi connectivity index (χ0v) is 16.5. The van der Waals surface area contributed by atoms with E-state index in [1.54, 1.807) is 0 Å². The number of rotatable bonds is 4. The van der Waals surface area contributed by atoms with Gasteiger partial charge in [0.2, 0.25) is 0 Å². The second kappa shape index (κ2) is 7.80. The first-order valence-corrected chi connectivity index (χ1v) is 10.9. The minimum Gasteiger partial charge on any atom is -0.0616 e. The molecule has 28 heavy (non-hydrogen) atoms. The van der Waals surface area contributed by atoms with E-state index in [1.165, 1.54) is 83.2 Å². The molecule has 4 aromatic rings. The zero-order chi connectivity index (χ0) is 18.8. The largest absolute Gasteiger partial charge is 0.0616 e. The molecule has 0 amide bonds. The molecule has 0 aliphatic heterocycles. The van der Waals surface area contributed by atoms with Gasteiger partial charge in [-0.3, -0.25) is 0 Å². The van der Waals surface area contributed by atoms with Crippen molar-refractivity contribution >= 4 is 21.5 Å². The van der Waals surface area contributed by atoms with Crippen LogP contribution in [-0.4, -0.2) is 0 Å². The van der Waals surface area contributed by atoms with Crippen molar-refractivity contribution in [3.8, 4) is 11.1 Å². The van der Waals surface area contributed by atoms with Crippen LogP contribution in [0.4, 0.5) is 0 Å². The second-order valence-corrected chi connectivity index (χ2v) is 8.39. The lowest BCUT2D eigenvalue weighted by Crippen LogP contribution is -2.07. The van der Waals surface area contributed by atoms with Gasteiger partial charge >= 0.3 is 0 Å². The Kier molecular flexibility index (Phi) is 4.87. The Balaban J connectivity index is 1.56. The summed E-state index contributed by atoms with van der Waals surface area (Å²) in [4.78, 5) is 0. The highest BCUT2D eigenvalue weighted by Gasteiger charge is 2.15. The maximum atomic E-state index is 2.39. The fourth-order valence-electron chi connectivity index (χ4n) is 5.11. The van der Waals surface area contributed by atoms with E-state index in [9.17, 15) is 0 Å². The van der Waals surface area contributed by atoms with E-state index in [0.717, 1.165) is 5.92 Å². The third-order valence-corrected chi connectivity index (χ3v) is 6.64. The molecule has 0 spiro atoms. The van der Waals surface area contributed by atoms with Crippen molar-refractivity contribution in [3.63, 3.8) is 0 Å². The summed E-state index contributed by atoms with van der Waals surface area (Å²) in [6.45, 7) is 0. The Morgan fingerprint density at radius 3 is 2.11 bits per heavy atom. The molecule has 1 fully saturated rings. The van der Waals surface area contributed by atoms with Crippen molar-refractivity contribution in [2.24, 2.45) is 5.92 Å². The minimum atomic E-state index is 0.935. The Bertz CT molecular complexity index is 1090. The quantitative estimate of drug-likeness (QED) is 0.342. The lowest BCUT2D eigenvalue weighted by atomic mass is 9.84. The average molecular weight is 365 g/mol. The number of hydrogen-bond donors (Lipinski definition) is 0. The van der Waals surface area contributed by atoms with Crippen LogP contribution in [0.15, 0.2) is 78.9 Å². The normalized spacial score (nSPS) is 15.3. The molecule has 0 nitrogen and oxygen atoms in total. The first-order valence-electron chi connectivity index (χ1n) is 10.9. The first-order chi connectivity index (χ1) is 13.9. The van der Waals surface area contributed by atoms with Gasteiger partial charge in [0.1, 0.15) is 0 Å². The van der Waals surface area contributed by atoms with Gasteiger partial charge in [-0.2, -0.15) is 0 Å². The summed E-state index contributed by atoms with van der Waals surface area (Å²) < 4.78 is 0. The summed E-state index contributed by atoms with van der Waals surface area (Å²) in [5, 5.41) is 5.47. The molecule has 4 aromatic carbocycles. The van der Waals surface area contributed by atoms with Gasteiger partial charge in [-0.25, -0.2) is 0 Å². The topological polar surface area (TPSA) is 0 Å². The van der Waals surface area contributed by atoms with Crippen LogP contribution < -0.4 is 0 Å². The van der Waals surface area contributed by atoms with Crippen molar-refractivity contribution in [1.82, 2.24) is 0 Å². The first kappa shape index (κ1) is 17.5. The summed E-state index contributed by atoms with van der Waals surface area (Å²) >= 11 is 0. The van der Waals surface area contributed by atoms with Crippen LogP contribution in [0.3, 0.4) is 0 Å². The van der Waals surface area contributed by atoms with Gasteiger partial charge in [-0.15, -0.1) is 0 Å². The van der Waals surface area contributed by atoms with E-state index in [-0.39, 0.29) is 0 Å². The lowest BCUT2D eigenvalue weighted by Gasteiger charge is -2.22. The van der Waals surface area contributed by atoms with E-state index in [2.05, 4.69) is 78.9 Å². The highest BCUT2D eigenvalue weighted by molar-refractivity contribution is 6.06. The van der Waals surface area contributed by atoms with E-state index < -0.39 is 0 Å². The monoisotopic (exact) mass is 364 g/mol. The van der Waals surface area contributed by atoms with Crippen molar-refractivity contribution in [2.75, 3.05) is 0 Å². The predicted octanol–water partition coefficient (Wildman–Crippen LogP) is 8.17. The molecular weight excluding hydrogens is 336 g/mol. The second-order valence-electron chi connectivity index (χ2n) is 8.39. The maximum absolute atomic E-state index is 2.39. The minimum absolute atomic E-state index is 0.935. The van der Waals surface area contributed by atoms with Gasteiger partial charge in [0.05, 0.1) is 0 Å². The molecule has 0 saturated heterocycles. The number of fused-ring (bicyclic) bond motifs is 2. The fraction of sp³-hybridized carbons (Fsp3) is 0.286. The number of benzene rings is 4. The van der Waals surface area contributed by atoms with Gasteiger partial charge in [0, 0.05) is 0 Å². The zero-order valence-electron chi connectivity index (χ0n) is 16.5. The fourth-order valence-corrected chi connectivity index (χ4v) is 5.11. The van der Waals surface area contributed by atoms with Crippen molar-refractivity contribution < 1.29 is 0 Å². The Morgan fingerprint density at radius 2 is 1.25 bits per heavy atom. The Morgan fingerprint density at radius 1 is 0.571 bits per heavy atom. The van der Waals surface area contributed by atoms with Crippen LogP contribution in [0.1, 0.15) is 44.1 Å². The molecule has 5 rings (SSSR count). The molecule has 0 heterocycles. The van der Waals surface area contributed by atoms with E-state index >= 15 is 0 Å².